The van der Waals surface area contributed by atoms with Crippen LogP contribution in [0, 0.1) is 0 Å². The Bertz CT molecular complexity index is 1010. The second kappa shape index (κ2) is 10.7. The summed E-state index contributed by atoms with van der Waals surface area (Å²) in [7, 11) is 0. The van der Waals surface area contributed by atoms with Crippen LogP contribution in [0.3, 0.4) is 0 Å². The highest BCUT2D eigenvalue weighted by Gasteiger charge is 2.52. The molecule has 1 aromatic carbocycles. The molecule has 0 amide bonds. The van der Waals surface area contributed by atoms with Crippen molar-refractivity contribution in [3.8, 4) is 0 Å². The van der Waals surface area contributed by atoms with Crippen molar-refractivity contribution < 1.29 is 42.9 Å². The van der Waals surface area contributed by atoms with Gasteiger partial charge in [-0.25, -0.2) is 4.98 Å². The number of H-pyrrole nitrogens is 1. The van der Waals surface area contributed by atoms with Gasteiger partial charge in [0.2, 0.25) is 0 Å². The number of aromatic amines is 1. The summed E-state index contributed by atoms with van der Waals surface area (Å²) in [6.07, 6.45) is -4.56. The van der Waals surface area contributed by atoms with E-state index in [4.69, 9.17) is 23.7 Å². The van der Waals surface area contributed by atoms with Crippen molar-refractivity contribution in [3.63, 3.8) is 0 Å². The molecule has 0 bridgehead atoms. The Kier molecular flexibility index (Phi) is 7.92. The molecule has 0 aliphatic carbocycles. The highest BCUT2D eigenvalue weighted by molar-refractivity contribution is 7.99. The van der Waals surface area contributed by atoms with Crippen molar-refractivity contribution in [2.45, 2.75) is 62.7 Å². The van der Waals surface area contributed by atoms with Crippen molar-refractivity contribution in [1.82, 2.24) is 9.97 Å². The summed E-state index contributed by atoms with van der Waals surface area (Å²) < 4.78 is 27.4. The van der Waals surface area contributed by atoms with Gasteiger partial charge in [0.1, 0.15) is 12.7 Å². The van der Waals surface area contributed by atoms with E-state index in [-0.39, 0.29) is 6.61 Å². The van der Waals surface area contributed by atoms with Crippen LogP contribution in [0.4, 0.5) is 0 Å². The monoisotopic (exact) mass is 480 g/mol. The van der Waals surface area contributed by atoms with E-state index in [1.54, 1.807) is 0 Å². The van der Waals surface area contributed by atoms with Crippen molar-refractivity contribution in [3.05, 3.63) is 24.3 Å². The molecule has 5 atom stereocenters. The average Bonchev–Trinajstić information content (AvgIpc) is 3.12. The Hall–Kier alpha value is -3.12. The number of benzene rings is 1. The lowest BCUT2D eigenvalue weighted by atomic mass is 9.99. The Morgan fingerprint density at radius 1 is 0.909 bits per heavy atom. The van der Waals surface area contributed by atoms with Crippen molar-refractivity contribution in [2.24, 2.45) is 0 Å². The zero-order valence-corrected chi connectivity index (χ0v) is 19.2. The largest absolute Gasteiger partial charge is 0.463 e. The van der Waals surface area contributed by atoms with Crippen LogP contribution in [0.25, 0.3) is 11.0 Å². The fourth-order valence-electron chi connectivity index (χ4n) is 3.38. The van der Waals surface area contributed by atoms with Crippen LogP contribution >= 0.6 is 11.8 Å². The number of fused-ring (bicyclic) bond motifs is 1. The molecule has 3 rings (SSSR count). The number of carbonyl (C=O) groups is 4. The van der Waals surface area contributed by atoms with E-state index >= 15 is 0 Å². The maximum atomic E-state index is 11.9. The van der Waals surface area contributed by atoms with Crippen LogP contribution in [-0.4, -0.2) is 70.3 Å². The molecule has 1 aliphatic heterocycles. The molecule has 11 nitrogen and oxygen atoms in total. The lowest BCUT2D eigenvalue weighted by Gasteiger charge is -2.43. The molecule has 0 unspecified atom stereocenters. The van der Waals surface area contributed by atoms with Gasteiger partial charge in [-0.15, -0.1) is 0 Å². The maximum Gasteiger partial charge on any atom is 0.303 e. The first-order valence-corrected chi connectivity index (χ1v) is 10.9. The number of thioether (sulfide) groups is 1. The van der Waals surface area contributed by atoms with Crippen LogP contribution in [0.2, 0.25) is 0 Å². The standard InChI is InChI=1S/C21H24N2O9S/c1-10(24)28-9-16-17(29-11(2)25)18(30-12(3)26)19(31-13(4)27)20(32-16)33-21-22-14-7-5-6-8-15(14)23-21/h5-8,16-20H,9H2,1-4H3,(H,22,23)/t16-,17+,18+,19+,20+/m1/s1. The van der Waals surface area contributed by atoms with Gasteiger partial charge in [-0.2, -0.15) is 0 Å². The SMILES string of the molecule is CC(=O)OC[C@H]1O[C@@H](Sc2nc3ccccc3[nH]2)[C@@H](OC(C)=O)[C@@H](OC(C)=O)[C@H]1OC(C)=O. The molecule has 2 aromatic rings. The van der Waals surface area contributed by atoms with Gasteiger partial charge in [0.05, 0.1) is 11.0 Å². The normalized spacial score (nSPS) is 24.7. The molecule has 1 N–H and O–H groups in total. The molecule has 0 radical (unpaired) electrons. The van der Waals surface area contributed by atoms with Crippen LogP contribution in [0.5, 0.6) is 0 Å². The van der Waals surface area contributed by atoms with Gasteiger partial charge in [0, 0.05) is 27.7 Å². The van der Waals surface area contributed by atoms with Gasteiger partial charge in [0.25, 0.3) is 0 Å². The Morgan fingerprint density at radius 2 is 1.52 bits per heavy atom. The number of carbonyl (C=O) groups excluding carboxylic acids is 4. The van der Waals surface area contributed by atoms with Gasteiger partial charge in [0.15, 0.2) is 28.9 Å². The first-order valence-electron chi connectivity index (χ1n) is 10.1. The molecule has 1 saturated heterocycles. The minimum absolute atomic E-state index is 0.283. The minimum Gasteiger partial charge on any atom is -0.463 e. The molecule has 1 fully saturated rings. The number of ether oxygens (including phenoxy) is 5. The van der Waals surface area contributed by atoms with E-state index in [9.17, 15) is 19.2 Å². The van der Waals surface area contributed by atoms with Gasteiger partial charge >= 0.3 is 23.9 Å². The number of hydrogen-bond acceptors (Lipinski definition) is 11. The van der Waals surface area contributed by atoms with Gasteiger partial charge in [-0.3, -0.25) is 19.2 Å². The summed E-state index contributed by atoms with van der Waals surface area (Å²) >= 11 is 1.09. The van der Waals surface area contributed by atoms with Crippen LogP contribution in [0.1, 0.15) is 27.7 Å². The number of imidazole rings is 1. The number of nitrogens with one attached hydrogen (secondary N) is 1. The second-order valence-electron chi connectivity index (χ2n) is 7.24. The molecule has 178 valence electrons. The van der Waals surface area contributed by atoms with Crippen molar-refractivity contribution in [2.75, 3.05) is 6.61 Å². The smallest absolute Gasteiger partial charge is 0.303 e. The quantitative estimate of drug-likeness (QED) is 0.457. The first kappa shape index (κ1) is 24.5. The molecule has 0 saturated carbocycles. The van der Waals surface area contributed by atoms with E-state index in [0.29, 0.717) is 10.7 Å². The molecule has 33 heavy (non-hydrogen) atoms. The second-order valence-corrected chi connectivity index (χ2v) is 8.33. The lowest BCUT2D eigenvalue weighted by Crippen LogP contribution is -2.61. The Balaban J connectivity index is 1.98. The first-order chi connectivity index (χ1) is 15.6. The molecular weight excluding hydrogens is 456 g/mol. The summed E-state index contributed by atoms with van der Waals surface area (Å²) in [5, 5.41) is 0.456. The van der Waals surface area contributed by atoms with Crippen molar-refractivity contribution in [1.29, 1.82) is 0 Å². The zero-order chi connectivity index (χ0) is 24.1. The summed E-state index contributed by atoms with van der Waals surface area (Å²) in [5.74, 6) is -2.60. The Morgan fingerprint density at radius 3 is 2.12 bits per heavy atom. The predicted molar refractivity (Wildman–Crippen MR) is 114 cm³/mol. The maximum absolute atomic E-state index is 11.9. The van der Waals surface area contributed by atoms with Crippen molar-refractivity contribution >= 4 is 46.7 Å². The molecule has 12 heteroatoms. The number of rotatable bonds is 7. The summed E-state index contributed by atoms with van der Waals surface area (Å²) in [6, 6.07) is 7.36. The van der Waals surface area contributed by atoms with E-state index in [0.717, 1.165) is 17.3 Å². The van der Waals surface area contributed by atoms with E-state index in [1.807, 2.05) is 24.3 Å². The summed E-state index contributed by atoms with van der Waals surface area (Å²) in [6.45, 7) is 4.47. The van der Waals surface area contributed by atoms with E-state index in [2.05, 4.69) is 9.97 Å². The van der Waals surface area contributed by atoms with Gasteiger partial charge in [-0.1, -0.05) is 23.9 Å². The number of aromatic nitrogens is 2. The van der Waals surface area contributed by atoms with Crippen LogP contribution < -0.4 is 0 Å². The highest BCUT2D eigenvalue weighted by Crippen LogP contribution is 2.37. The fourth-order valence-corrected chi connectivity index (χ4v) is 4.46. The topological polar surface area (TPSA) is 143 Å². The third-order valence-electron chi connectivity index (χ3n) is 4.54. The number of nitrogens with zero attached hydrogens (tertiary/aromatic N) is 1. The van der Waals surface area contributed by atoms with E-state index < -0.39 is 53.7 Å². The fraction of sp³-hybridized carbons (Fsp3) is 0.476. The Labute approximate surface area is 193 Å². The van der Waals surface area contributed by atoms with Crippen LogP contribution in [-0.2, 0) is 42.9 Å². The molecule has 1 aliphatic rings. The third kappa shape index (κ3) is 6.45. The minimum atomic E-state index is -1.22. The number of para-hydroxylation sites is 2. The highest BCUT2D eigenvalue weighted by atomic mass is 32.2. The van der Waals surface area contributed by atoms with E-state index in [1.165, 1.54) is 27.7 Å². The molecule has 0 spiro atoms. The third-order valence-corrected chi connectivity index (χ3v) is 5.57. The molecule has 2 heterocycles. The summed E-state index contributed by atoms with van der Waals surface area (Å²) in [4.78, 5) is 54.5. The molecular formula is C21H24N2O9S. The van der Waals surface area contributed by atoms with Gasteiger partial charge in [-0.05, 0) is 12.1 Å². The number of hydrogen-bond donors (Lipinski definition) is 1. The van der Waals surface area contributed by atoms with Crippen LogP contribution in [0.15, 0.2) is 29.4 Å². The van der Waals surface area contributed by atoms with Gasteiger partial charge < -0.3 is 28.7 Å². The average molecular weight is 480 g/mol. The number of esters is 4. The predicted octanol–water partition coefficient (Wildman–Crippen LogP) is 1.74. The lowest BCUT2D eigenvalue weighted by molar-refractivity contribution is -0.237. The summed E-state index contributed by atoms with van der Waals surface area (Å²) in [5.41, 5.74) is 0.558. The molecule has 1 aromatic heterocycles. The zero-order valence-electron chi connectivity index (χ0n) is 18.4.